The summed E-state index contributed by atoms with van der Waals surface area (Å²) in [5.74, 6) is 0. The van der Waals surface area contributed by atoms with Crippen LogP contribution in [0.4, 0.5) is 0 Å². The zero-order chi connectivity index (χ0) is 7.40. The Balaban J connectivity index is 2.39. The van der Waals surface area contributed by atoms with Crippen molar-refractivity contribution in [1.82, 2.24) is 0 Å². The molecular formula is C8H14N2. The predicted octanol–water partition coefficient (Wildman–Crippen LogP) is 2.04. The van der Waals surface area contributed by atoms with Gasteiger partial charge in [0.1, 0.15) is 0 Å². The molecule has 0 atom stereocenters. The van der Waals surface area contributed by atoms with Crippen molar-refractivity contribution in [2.75, 3.05) is 6.54 Å². The predicted molar refractivity (Wildman–Crippen MR) is 44.2 cm³/mol. The number of aliphatic imine (C=N–C) groups is 1. The molecule has 10 heavy (non-hydrogen) atoms. The highest BCUT2D eigenvalue weighted by molar-refractivity contribution is 5.96. The van der Waals surface area contributed by atoms with Crippen molar-refractivity contribution in [2.24, 2.45) is 4.99 Å². The summed E-state index contributed by atoms with van der Waals surface area (Å²) in [6, 6.07) is 0. The second-order valence-electron chi connectivity index (χ2n) is 2.64. The van der Waals surface area contributed by atoms with Gasteiger partial charge in [0.25, 0.3) is 0 Å². The Hall–Kier alpha value is -0.660. The van der Waals surface area contributed by atoms with Crippen molar-refractivity contribution in [3.8, 4) is 0 Å². The van der Waals surface area contributed by atoms with Crippen molar-refractivity contribution in [3.63, 3.8) is 0 Å². The standard InChI is InChI=1S/C8H14N2/c1-2-10-8-5-3-7(9)4-6-8/h9H,2-6H2,1H3. The Morgan fingerprint density at radius 1 is 1.30 bits per heavy atom. The number of rotatable bonds is 1. The average Bonchev–Trinajstić information content (AvgIpc) is 1.95. The second kappa shape index (κ2) is 3.49. The summed E-state index contributed by atoms with van der Waals surface area (Å²) in [6.07, 6.45) is 3.96. The van der Waals surface area contributed by atoms with E-state index in [2.05, 4.69) is 11.9 Å². The molecule has 1 aliphatic rings. The lowest BCUT2D eigenvalue weighted by Crippen LogP contribution is -2.12. The molecule has 0 aromatic heterocycles. The van der Waals surface area contributed by atoms with E-state index in [4.69, 9.17) is 5.41 Å². The molecular weight excluding hydrogens is 124 g/mol. The van der Waals surface area contributed by atoms with Gasteiger partial charge < -0.3 is 5.41 Å². The summed E-state index contributed by atoms with van der Waals surface area (Å²) in [5.41, 5.74) is 2.22. The van der Waals surface area contributed by atoms with Crippen LogP contribution < -0.4 is 0 Å². The van der Waals surface area contributed by atoms with E-state index in [1.807, 2.05) is 0 Å². The Morgan fingerprint density at radius 3 is 2.40 bits per heavy atom. The maximum Gasteiger partial charge on any atom is 0.0360 e. The molecule has 0 radical (unpaired) electrons. The molecule has 1 fully saturated rings. The fourth-order valence-corrected chi connectivity index (χ4v) is 1.22. The van der Waals surface area contributed by atoms with E-state index in [1.54, 1.807) is 0 Å². The summed E-state index contributed by atoms with van der Waals surface area (Å²) in [7, 11) is 0. The summed E-state index contributed by atoms with van der Waals surface area (Å²) in [4.78, 5) is 4.34. The van der Waals surface area contributed by atoms with Gasteiger partial charge in [-0.1, -0.05) is 0 Å². The zero-order valence-corrected chi connectivity index (χ0v) is 6.48. The van der Waals surface area contributed by atoms with Crippen LogP contribution in [0, 0.1) is 5.41 Å². The first-order chi connectivity index (χ1) is 4.83. The highest BCUT2D eigenvalue weighted by atomic mass is 14.7. The lowest BCUT2D eigenvalue weighted by molar-refractivity contribution is 0.919. The van der Waals surface area contributed by atoms with Gasteiger partial charge in [0, 0.05) is 18.0 Å². The van der Waals surface area contributed by atoms with Crippen LogP contribution in [0.3, 0.4) is 0 Å². The summed E-state index contributed by atoms with van der Waals surface area (Å²) in [6.45, 7) is 2.97. The average molecular weight is 138 g/mol. The summed E-state index contributed by atoms with van der Waals surface area (Å²) >= 11 is 0. The number of nitrogens with zero attached hydrogens (tertiary/aromatic N) is 1. The maximum atomic E-state index is 7.36. The van der Waals surface area contributed by atoms with Crippen LogP contribution in [0.15, 0.2) is 4.99 Å². The summed E-state index contributed by atoms with van der Waals surface area (Å²) < 4.78 is 0. The van der Waals surface area contributed by atoms with Gasteiger partial charge in [0.15, 0.2) is 0 Å². The first-order valence-corrected chi connectivity index (χ1v) is 3.91. The third kappa shape index (κ3) is 1.94. The van der Waals surface area contributed by atoms with E-state index < -0.39 is 0 Å². The first-order valence-electron chi connectivity index (χ1n) is 3.91. The molecule has 1 N–H and O–H groups in total. The molecule has 0 unspecified atom stereocenters. The van der Waals surface area contributed by atoms with Crippen molar-refractivity contribution < 1.29 is 0 Å². The molecule has 2 heteroatoms. The second-order valence-corrected chi connectivity index (χ2v) is 2.64. The third-order valence-electron chi connectivity index (χ3n) is 1.81. The smallest absolute Gasteiger partial charge is 0.0360 e. The van der Waals surface area contributed by atoms with E-state index in [9.17, 15) is 0 Å². The Bertz CT molecular complexity index is 147. The molecule has 0 aromatic rings. The van der Waals surface area contributed by atoms with Gasteiger partial charge in [-0.05, 0) is 32.6 Å². The third-order valence-corrected chi connectivity index (χ3v) is 1.81. The Kier molecular flexibility index (Phi) is 2.60. The fourth-order valence-electron chi connectivity index (χ4n) is 1.22. The lowest BCUT2D eigenvalue weighted by Gasteiger charge is -2.12. The van der Waals surface area contributed by atoms with Crippen molar-refractivity contribution in [3.05, 3.63) is 0 Å². The van der Waals surface area contributed by atoms with Gasteiger partial charge in [-0.2, -0.15) is 0 Å². The first kappa shape index (κ1) is 7.45. The molecule has 1 rings (SSSR count). The van der Waals surface area contributed by atoms with Gasteiger partial charge in [-0.3, -0.25) is 4.99 Å². The highest BCUT2D eigenvalue weighted by Crippen LogP contribution is 2.11. The lowest BCUT2D eigenvalue weighted by atomic mass is 9.97. The van der Waals surface area contributed by atoms with Gasteiger partial charge in [0.05, 0.1) is 0 Å². The van der Waals surface area contributed by atoms with E-state index in [-0.39, 0.29) is 0 Å². The summed E-state index contributed by atoms with van der Waals surface area (Å²) in [5, 5.41) is 7.36. The van der Waals surface area contributed by atoms with Crippen LogP contribution in [0.25, 0.3) is 0 Å². The molecule has 0 saturated heterocycles. The molecule has 0 aromatic carbocycles. The van der Waals surface area contributed by atoms with Crippen LogP contribution in [-0.2, 0) is 0 Å². The largest absolute Gasteiger partial charge is 0.310 e. The number of nitrogens with one attached hydrogen (secondary N) is 1. The highest BCUT2D eigenvalue weighted by Gasteiger charge is 2.09. The molecule has 0 amide bonds. The van der Waals surface area contributed by atoms with Crippen LogP contribution >= 0.6 is 0 Å². The van der Waals surface area contributed by atoms with E-state index in [0.717, 1.165) is 37.9 Å². The molecule has 1 aliphatic carbocycles. The molecule has 0 bridgehead atoms. The minimum Gasteiger partial charge on any atom is -0.310 e. The van der Waals surface area contributed by atoms with E-state index in [0.29, 0.717) is 0 Å². The van der Waals surface area contributed by atoms with E-state index in [1.165, 1.54) is 5.71 Å². The minimum absolute atomic E-state index is 0.898. The van der Waals surface area contributed by atoms with Gasteiger partial charge in [-0.15, -0.1) is 0 Å². The van der Waals surface area contributed by atoms with Crippen LogP contribution in [-0.4, -0.2) is 18.0 Å². The SMILES string of the molecule is CCN=C1CCC(=N)CC1. The van der Waals surface area contributed by atoms with Gasteiger partial charge in [-0.25, -0.2) is 0 Å². The molecule has 2 nitrogen and oxygen atoms in total. The fraction of sp³-hybridized carbons (Fsp3) is 0.750. The Morgan fingerprint density at radius 2 is 1.90 bits per heavy atom. The molecule has 56 valence electrons. The minimum atomic E-state index is 0.898. The van der Waals surface area contributed by atoms with Crippen molar-refractivity contribution in [2.45, 2.75) is 32.6 Å². The van der Waals surface area contributed by atoms with Gasteiger partial charge >= 0.3 is 0 Å². The molecule has 0 spiro atoms. The molecule has 0 heterocycles. The van der Waals surface area contributed by atoms with E-state index >= 15 is 0 Å². The monoisotopic (exact) mass is 138 g/mol. The zero-order valence-electron chi connectivity index (χ0n) is 6.48. The van der Waals surface area contributed by atoms with Crippen LogP contribution in [0.5, 0.6) is 0 Å². The van der Waals surface area contributed by atoms with Crippen molar-refractivity contribution in [1.29, 1.82) is 5.41 Å². The topological polar surface area (TPSA) is 36.2 Å². The maximum absolute atomic E-state index is 7.36. The van der Waals surface area contributed by atoms with Crippen molar-refractivity contribution >= 4 is 11.4 Å². The molecule has 0 aliphatic heterocycles. The molecule has 1 saturated carbocycles. The number of hydrogen-bond donors (Lipinski definition) is 1. The van der Waals surface area contributed by atoms with Crippen LogP contribution in [0.1, 0.15) is 32.6 Å². The Labute approximate surface area is 61.9 Å². The van der Waals surface area contributed by atoms with Crippen LogP contribution in [0.2, 0.25) is 0 Å². The normalized spacial score (nSPS) is 19.3. The van der Waals surface area contributed by atoms with Gasteiger partial charge in [0.2, 0.25) is 0 Å². The number of hydrogen-bond acceptors (Lipinski definition) is 2. The quantitative estimate of drug-likeness (QED) is 0.575.